The fraction of sp³-hybridized carbons (Fsp3) is 0. The molecular weight excluding hydrogens is 916 g/mol. The van der Waals surface area contributed by atoms with Crippen molar-refractivity contribution in [2.75, 3.05) is 0 Å². The Kier molecular flexibility index (Phi) is 12.6. The van der Waals surface area contributed by atoms with Gasteiger partial charge in [0.15, 0.2) is 145 Å². The van der Waals surface area contributed by atoms with E-state index in [2.05, 4.69) is 7.41 Å². The van der Waals surface area contributed by atoms with E-state index in [1.54, 1.807) is 0 Å². The molecule has 0 aliphatic rings. The van der Waals surface area contributed by atoms with Gasteiger partial charge in [-0.1, -0.05) is 0 Å². The predicted octanol–water partition coefficient (Wildman–Crippen LogP) is 6.50. The summed E-state index contributed by atoms with van der Waals surface area (Å²) in [6.07, 6.45) is 0. The number of benzene rings is 5. The Morgan fingerprint density at radius 2 is 0.333 bits per heavy atom. The highest BCUT2D eigenvalue weighted by Crippen LogP contribution is 2.26. The van der Waals surface area contributed by atoms with Crippen LogP contribution >= 0.6 is 0 Å². The van der Waals surface area contributed by atoms with Crippen molar-refractivity contribution in [3.8, 4) is 0 Å². The van der Waals surface area contributed by atoms with E-state index < -0.39 is 200 Å². The minimum atomic E-state index is -6.97. The van der Waals surface area contributed by atoms with E-state index >= 15 is 43.9 Å². The Morgan fingerprint density at radius 1 is 0.200 bits per heavy atom. The molecule has 0 unspecified atom stereocenters. The molecule has 0 spiro atoms. The van der Waals surface area contributed by atoms with E-state index in [4.69, 9.17) is 0 Å². The molecule has 316 valence electrons. The lowest BCUT2D eigenvalue weighted by atomic mass is 9.54. The second-order valence-corrected chi connectivity index (χ2v) is 13.1. The van der Waals surface area contributed by atoms with Crippen LogP contribution in [0.5, 0.6) is 0 Å². The predicted molar refractivity (Wildman–Crippen MR) is 149 cm³/mol. The topological polar surface area (TPSA) is 18.5 Å². The zero-order valence-corrected chi connectivity index (χ0v) is 28.2. The van der Waals surface area contributed by atoms with Crippen molar-refractivity contribution < 1.29 is 117 Å². The quantitative estimate of drug-likeness (QED) is 0.0729. The van der Waals surface area contributed by atoms with Crippen molar-refractivity contribution in [2.45, 2.75) is 0 Å². The largest absolute Gasteiger partial charge is 0.693 e. The van der Waals surface area contributed by atoms with Crippen LogP contribution in [0.1, 0.15) is 0 Å². The molecule has 0 saturated heterocycles. The van der Waals surface area contributed by atoms with E-state index in [-0.39, 0.29) is 0 Å². The van der Waals surface area contributed by atoms with Gasteiger partial charge in [-0.05, 0) is 0 Å². The van der Waals surface area contributed by atoms with E-state index in [0.717, 1.165) is 0 Å². The summed E-state index contributed by atoms with van der Waals surface area (Å²) < 4.78 is 373. The SMILES string of the molecule is Fc1c(F)c(F)c(B([O][Al]([O]B(c2c(F)c(F)c(F)c(F)c2F)c2c(F)c(F)c(F)c(F)c2F)[c]2c(F)c(F)c(F)c(F)c2F)c2c(F)c(F)c(F)c(F)c2F)c(F)c1F. The Labute approximate surface area is 317 Å². The Morgan fingerprint density at radius 3 is 0.500 bits per heavy atom. The lowest BCUT2D eigenvalue weighted by molar-refractivity contribution is 0.370. The van der Waals surface area contributed by atoms with Crippen LogP contribution in [0.2, 0.25) is 0 Å². The molecule has 0 bridgehead atoms. The highest BCUT2D eigenvalue weighted by atomic mass is 27.2. The van der Waals surface area contributed by atoms with Crippen molar-refractivity contribution in [1.82, 2.24) is 0 Å². The highest BCUT2D eigenvalue weighted by molar-refractivity contribution is 6.91. The Balaban J connectivity index is 2.02. The zero-order chi connectivity index (χ0) is 45.5. The minimum absolute atomic E-state index is 3.07. The summed E-state index contributed by atoms with van der Waals surface area (Å²) in [4.78, 5) is 0. The first-order valence-electron chi connectivity index (χ1n) is 14.6. The first kappa shape index (κ1) is 46.0. The summed E-state index contributed by atoms with van der Waals surface area (Å²) in [7, 11) is 0. The second kappa shape index (κ2) is 16.4. The molecule has 5 rings (SSSR count). The van der Waals surface area contributed by atoms with Crippen molar-refractivity contribution in [3.63, 3.8) is 0 Å². The van der Waals surface area contributed by atoms with Crippen LogP contribution in [0.4, 0.5) is 110 Å². The van der Waals surface area contributed by atoms with Crippen molar-refractivity contribution in [2.24, 2.45) is 0 Å². The van der Waals surface area contributed by atoms with Crippen LogP contribution < -0.4 is 26.3 Å². The molecule has 0 aliphatic carbocycles. The van der Waals surface area contributed by atoms with Crippen LogP contribution in [0, 0.1) is 145 Å². The molecule has 2 nitrogen and oxygen atoms in total. The van der Waals surface area contributed by atoms with Gasteiger partial charge in [0.05, 0.1) is 0 Å². The summed E-state index contributed by atoms with van der Waals surface area (Å²) in [6, 6.07) is 0. The van der Waals surface area contributed by atoms with Gasteiger partial charge < -0.3 is 7.41 Å². The molecule has 0 amide bonds. The molecule has 0 aromatic heterocycles. The van der Waals surface area contributed by atoms with Gasteiger partial charge >= 0.3 is 28.6 Å². The van der Waals surface area contributed by atoms with E-state index in [1.165, 1.54) is 0 Å². The third-order valence-electron chi connectivity index (χ3n) is 8.02. The third kappa shape index (κ3) is 6.99. The monoisotopic (exact) mass is 916 g/mol. The molecule has 0 radical (unpaired) electrons. The molecule has 0 aliphatic heterocycles. The van der Waals surface area contributed by atoms with Gasteiger partial charge in [-0.15, -0.1) is 0 Å². The molecule has 5 aromatic carbocycles. The van der Waals surface area contributed by atoms with Gasteiger partial charge in [0.2, 0.25) is 0 Å². The minimum Gasteiger partial charge on any atom is -0.534 e. The summed E-state index contributed by atoms with van der Waals surface area (Å²) in [6.45, 7) is -9.17. The molecule has 5 aromatic rings. The van der Waals surface area contributed by atoms with Gasteiger partial charge in [0.1, 0.15) is 0 Å². The number of hydrogen-bond acceptors (Lipinski definition) is 2. The molecule has 0 atom stereocenters. The van der Waals surface area contributed by atoms with Crippen molar-refractivity contribution in [3.05, 3.63) is 145 Å². The third-order valence-corrected chi connectivity index (χ3v) is 10.0. The van der Waals surface area contributed by atoms with Crippen LogP contribution in [0.3, 0.4) is 0 Å². The van der Waals surface area contributed by atoms with Crippen LogP contribution in [0.15, 0.2) is 0 Å². The molecule has 0 heterocycles. The molecular formula is C30AlB2F25O2. The van der Waals surface area contributed by atoms with Crippen molar-refractivity contribution in [1.29, 1.82) is 0 Å². The van der Waals surface area contributed by atoms with Gasteiger partial charge in [0, 0.05) is 26.3 Å². The number of halogens is 25. The maximum atomic E-state index is 15.4. The van der Waals surface area contributed by atoms with Gasteiger partial charge in [-0.2, -0.15) is 0 Å². The lowest BCUT2D eigenvalue weighted by Gasteiger charge is -2.27. The lowest BCUT2D eigenvalue weighted by Crippen LogP contribution is -2.63. The van der Waals surface area contributed by atoms with E-state index in [9.17, 15) is 65.9 Å². The number of hydrogen-bond donors (Lipinski definition) is 0. The average Bonchev–Trinajstić information content (AvgIpc) is 3.21. The highest BCUT2D eigenvalue weighted by Gasteiger charge is 2.52. The number of rotatable bonds is 9. The average molecular weight is 916 g/mol. The summed E-state index contributed by atoms with van der Waals surface area (Å²) >= 11 is -6.97. The summed E-state index contributed by atoms with van der Waals surface area (Å²) in [5.74, 6) is -84.2. The maximum absolute atomic E-state index is 15.4. The molecule has 0 N–H and O–H groups in total. The fourth-order valence-corrected chi connectivity index (χ4v) is 7.26. The van der Waals surface area contributed by atoms with Gasteiger partial charge in [0.25, 0.3) is 0 Å². The summed E-state index contributed by atoms with van der Waals surface area (Å²) in [5.41, 5.74) is -12.4. The first-order valence-corrected chi connectivity index (χ1v) is 16.1. The molecule has 30 heteroatoms. The van der Waals surface area contributed by atoms with Gasteiger partial charge in [-0.3, -0.25) is 0 Å². The van der Waals surface area contributed by atoms with E-state index in [0.29, 0.717) is 0 Å². The van der Waals surface area contributed by atoms with Crippen LogP contribution in [0.25, 0.3) is 0 Å². The molecule has 60 heavy (non-hydrogen) atoms. The van der Waals surface area contributed by atoms with E-state index in [1.807, 2.05) is 0 Å². The smallest absolute Gasteiger partial charge is 0.534 e. The Hall–Kier alpha value is -5.07. The van der Waals surface area contributed by atoms with Crippen LogP contribution in [-0.2, 0) is 7.41 Å². The van der Waals surface area contributed by atoms with Crippen molar-refractivity contribution >= 4 is 54.9 Å². The zero-order valence-electron chi connectivity index (χ0n) is 27.0. The fourth-order valence-electron chi connectivity index (χ4n) is 5.21. The molecule has 0 saturated carbocycles. The summed E-state index contributed by atoms with van der Waals surface area (Å²) in [5, 5.41) is 0. The van der Waals surface area contributed by atoms with Gasteiger partial charge in [-0.25, -0.2) is 110 Å². The maximum Gasteiger partial charge on any atom is 0.693 e. The standard InChI is InChI=1S/2C12BF10O.C6F5.Al/c2*14-3-1(4(15)8(19)11(22)7(3)18)13(24)2-5(16)9(20)12(23)10(21)6(2)17;7-2-1-3(8)5(10)6(11)4(2)9;/q2*-1;;+2. The Bertz CT molecular complexity index is 2230. The first-order chi connectivity index (χ1) is 27.7. The van der Waals surface area contributed by atoms with Crippen LogP contribution in [-0.4, -0.2) is 28.6 Å². The molecule has 0 fully saturated rings. The second-order valence-electron chi connectivity index (χ2n) is 11.3. The normalized spacial score (nSPS) is 11.6.